The number of nitrogens with one attached hydrogen (secondary N) is 1. The summed E-state index contributed by atoms with van der Waals surface area (Å²) in [6, 6.07) is -0.826. The van der Waals surface area contributed by atoms with Gasteiger partial charge in [-0.3, -0.25) is 4.79 Å². The zero-order valence-corrected chi connectivity index (χ0v) is 13.0. The monoisotopic (exact) mass is 306 g/mol. The molecule has 3 N–H and O–H groups in total. The van der Waals surface area contributed by atoms with Gasteiger partial charge in [-0.15, -0.1) is 0 Å². The first kappa shape index (κ1) is 18.6. The molecular weight excluding hydrogens is 284 g/mol. The van der Waals surface area contributed by atoms with E-state index in [0.717, 1.165) is 0 Å². The van der Waals surface area contributed by atoms with E-state index in [-0.39, 0.29) is 12.2 Å². The van der Waals surface area contributed by atoms with Gasteiger partial charge in [0.05, 0.1) is 7.11 Å². The van der Waals surface area contributed by atoms with Gasteiger partial charge < -0.3 is 20.5 Å². The van der Waals surface area contributed by atoms with Crippen molar-refractivity contribution in [2.45, 2.75) is 38.8 Å². The first-order chi connectivity index (χ1) is 9.15. The number of thioether (sulfide) groups is 1. The highest BCUT2D eigenvalue weighted by Crippen LogP contribution is 2.09. The highest BCUT2D eigenvalue weighted by Gasteiger charge is 2.24. The number of methoxy groups -OCH3 is 1. The topological polar surface area (TPSA) is 108 Å². The Morgan fingerprint density at radius 2 is 1.90 bits per heavy atom. The van der Waals surface area contributed by atoms with E-state index in [1.165, 1.54) is 18.9 Å². The molecule has 0 rings (SSSR count). The predicted octanol–water partition coefficient (Wildman–Crippen LogP) is 0.661. The summed E-state index contributed by atoms with van der Waals surface area (Å²) in [7, 11) is 1.24. The molecule has 0 aliphatic carbocycles. The number of rotatable bonds is 7. The van der Waals surface area contributed by atoms with Crippen LogP contribution in [0.5, 0.6) is 0 Å². The summed E-state index contributed by atoms with van der Waals surface area (Å²) in [6.07, 6.45) is -0.478. The molecule has 0 aromatic rings. The van der Waals surface area contributed by atoms with E-state index in [4.69, 9.17) is 10.5 Å². The second kappa shape index (κ2) is 8.68. The van der Waals surface area contributed by atoms with E-state index in [1.54, 1.807) is 20.8 Å². The van der Waals surface area contributed by atoms with Crippen LogP contribution in [0.15, 0.2) is 0 Å². The molecule has 2 amide bonds. The van der Waals surface area contributed by atoms with Crippen LogP contribution < -0.4 is 11.1 Å². The molecule has 7 nitrogen and oxygen atoms in total. The molecule has 20 heavy (non-hydrogen) atoms. The third-order valence-corrected chi connectivity index (χ3v) is 3.02. The number of carbonyl (C=O) groups excluding carboxylic acids is 3. The number of carbonyl (C=O) groups is 3. The minimum Gasteiger partial charge on any atom is -0.467 e. The molecule has 0 spiro atoms. The second-order valence-corrected chi connectivity index (χ2v) is 6.16. The molecule has 0 radical (unpaired) electrons. The number of alkyl carbamates (subject to hydrolysis) is 1. The summed E-state index contributed by atoms with van der Waals surface area (Å²) in [5.74, 6) is -0.229. The van der Waals surface area contributed by atoms with Crippen LogP contribution in [0.2, 0.25) is 0 Å². The molecule has 0 aliphatic heterocycles. The van der Waals surface area contributed by atoms with Crippen molar-refractivity contribution in [1.29, 1.82) is 0 Å². The lowest BCUT2D eigenvalue weighted by atomic mass is 10.2. The summed E-state index contributed by atoms with van der Waals surface area (Å²) in [4.78, 5) is 33.7. The van der Waals surface area contributed by atoms with Crippen molar-refractivity contribution in [1.82, 2.24) is 5.32 Å². The van der Waals surface area contributed by atoms with E-state index in [0.29, 0.717) is 5.75 Å². The van der Waals surface area contributed by atoms with Gasteiger partial charge in [-0.05, 0) is 20.8 Å². The number of primary amides is 1. The Labute approximate surface area is 122 Å². The van der Waals surface area contributed by atoms with Crippen LogP contribution in [0.25, 0.3) is 0 Å². The van der Waals surface area contributed by atoms with Gasteiger partial charge in [0.1, 0.15) is 11.6 Å². The van der Waals surface area contributed by atoms with Gasteiger partial charge in [-0.25, -0.2) is 9.59 Å². The highest BCUT2D eigenvalue weighted by molar-refractivity contribution is 7.99. The first-order valence-corrected chi connectivity index (χ1v) is 7.24. The normalized spacial score (nSPS) is 12.4. The van der Waals surface area contributed by atoms with Gasteiger partial charge in [0.15, 0.2) is 0 Å². The smallest absolute Gasteiger partial charge is 0.408 e. The molecule has 1 atom stereocenters. The van der Waals surface area contributed by atoms with Crippen molar-refractivity contribution >= 4 is 29.7 Å². The largest absolute Gasteiger partial charge is 0.467 e. The van der Waals surface area contributed by atoms with E-state index in [1.807, 2.05) is 0 Å². The molecular formula is C12H22N2O5S. The molecule has 0 aromatic carbocycles. The fraction of sp³-hybridized carbons (Fsp3) is 0.750. The van der Waals surface area contributed by atoms with E-state index in [9.17, 15) is 14.4 Å². The molecule has 0 bridgehead atoms. The molecule has 0 aliphatic rings. The van der Waals surface area contributed by atoms with Gasteiger partial charge in [-0.2, -0.15) is 11.8 Å². The molecule has 116 valence electrons. The molecule has 8 heteroatoms. The minimum atomic E-state index is -0.826. The molecule has 0 aromatic heterocycles. The van der Waals surface area contributed by atoms with E-state index >= 15 is 0 Å². The predicted molar refractivity (Wildman–Crippen MR) is 76.3 cm³/mol. The lowest BCUT2D eigenvalue weighted by Crippen LogP contribution is -2.45. The maximum Gasteiger partial charge on any atom is 0.408 e. The highest BCUT2D eigenvalue weighted by atomic mass is 32.2. The van der Waals surface area contributed by atoms with Crippen molar-refractivity contribution < 1.29 is 23.9 Å². The number of hydrogen-bond acceptors (Lipinski definition) is 6. The van der Waals surface area contributed by atoms with Crippen LogP contribution in [-0.4, -0.2) is 48.2 Å². The standard InChI is InChI=1S/C12H22N2O5S/c1-12(2,3)19-11(17)14-8(10(16)18-4)7-20-6-5-9(13)15/h8H,5-7H2,1-4H3,(H2,13,15)(H,14,17)/t8-/m0/s1. The van der Waals surface area contributed by atoms with Crippen LogP contribution in [0.1, 0.15) is 27.2 Å². The number of nitrogens with two attached hydrogens (primary N) is 1. The van der Waals surface area contributed by atoms with Gasteiger partial charge in [-0.1, -0.05) is 0 Å². The Bertz CT molecular complexity index is 354. The summed E-state index contributed by atoms with van der Waals surface area (Å²) in [6.45, 7) is 5.17. The van der Waals surface area contributed by atoms with Crippen LogP contribution in [0.3, 0.4) is 0 Å². The Kier molecular flexibility index (Phi) is 8.05. The van der Waals surface area contributed by atoms with Crippen molar-refractivity contribution in [3.63, 3.8) is 0 Å². The van der Waals surface area contributed by atoms with Crippen molar-refractivity contribution in [3.8, 4) is 0 Å². The fourth-order valence-electron chi connectivity index (χ4n) is 1.13. The van der Waals surface area contributed by atoms with Crippen molar-refractivity contribution in [2.24, 2.45) is 5.73 Å². The molecule has 0 fully saturated rings. The van der Waals surface area contributed by atoms with Gasteiger partial charge in [0.25, 0.3) is 0 Å². The zero-order valence-electron chi connectivity index (χ0n) is 12.2. The maximum atomic E-state index is 11.6. The summed E-state index contributed by atoms with van der Waals surface area (Å²) in [5.41, 5.74) is 4.36. The Morgan fingerprint density at radius 3 is 2.35 bits per heavy atom. The quantitative estimate of drug-likeness (QED) is 0.528. The average Bonchev–Trinajstić information content (AvgIpc) is 2.29. The van der Waals surface area contributed by atoms with Crippen LogP contribution >= 0.6 is 11.8 Å². The number of amides is 2. The molecule has 0 saturated heterocycles. The Morgan fingerprint density at radius 1 is 1.30 bits per heavy atom. The van der Waals surface area contributed by atoms with Crippen molar-refractivity contribution in [2.75, 3.05) is 18.6 Å². The van der Waals surface area contributed by atoms with Crippen LogP contribution in [0.4, 0.5) is 4.79 Å². The number of hydrogen-bond donors (Lipinski definition) is 2. The SMILES string of the molecule is COC(=O)[C@H](CSCCC(N)=O)NC(=O)OC(C)(C)C. The lowest BCUT2D eigenvalue weighted by Gasteiger charge is -2.22. The summed E-state index contributed by atoms with van der Waals surface area (Å²) < 4.78 is 9.67. The summed E-state index contributed by atoms with van der Waals surface area (Å²) >= 11 is 1.32. The van der Waals surface area contributed by atoms with Gasteiger partial charge in [0, 0.05) is 17.9 Å². The molecule has 0 heterocycles. The third-order valence-electron chi connectivity index (χ3n) is 1.95. The fourth-order valence-corrected chi connectivity index (χ4v) is 2.10. The van der Waals surface area contributed by atoms with Gasteiger partial charge >= 0.3 is 12.1 Å². The lowest BCUT2D eigenvalue weighted by molar-refractivity contribution is -0.142. The number of esters is 1. The molecule has 0 unspecified atom stereocenters. The minimum absolute atomic E-state index is 0.213. The third kappa shape index (κ3) is 9.48. The first-order valence-electron chi connectivity index (χ1n) is 6.09. The van der Waals surface area contributed by atoms with E-state index < -0.39 is 29.6 Å². The maximum absolute atomic E-state index is 11.6. The van der Waals surface area contributed by atoms with E-state index in [2.05, 4.69) is 10.1 Å². The van der Waals surface area contributed by atoms with Gasteiger partial charge in [0.2, 0.25) is 5.91 Å². The average molecular weight is 306 g/mol. The second-order valence-electron chi connectivity index (χ2n) is 5.01. The van der Waals surface area contributed by atoms with Crippen molar-refractivity contribution in [3.05, 3.63) is 0 Å². The Hall–Kier alpha value is -1.44. The molecule has 0 saturated carbocycles. The zero-order chi connectivity index (χ0) is 15.8. The number of ether oxygens (including phenoxy) is 2. The Balaban J connectivity index is 4.32. The summed E-state index contributed by atoms with van der Waals surface area (Å²) in [5, 5.41) is 2.44. The van der Waals surface area contributed by atoms with Crippen LogP contribution in [0, 0.1) is 0 Å². The van der Waals surface area contributed by atoms with Crippen LogP contribution in [-0.2, 0) is 19.1 Å².